The van der Waals surface area contributed by atoms with Crippen LogP contribution in [0.15, 0.2) is 60.8 Å². The number of anilines is 2. The summed E-state index contributed by atoms with van der Waals surface area (Å²) in [6.45, 7) is -0.977. The van der Waals surface area contributed by atoms with Crippen LogP contribution in [0.2, 0.25) is 0 Å². The quantitative estimate of drug-likeness (QED) is 0.156. The third-order valence-electron chi connectivity index (χ3n) is 9.22. The van der Waals surface area contributed by atoms with Gasteiger partial charge in [0.2, 0.25) is 11.7 Å². The molecular weight excluding hydrogens is 737 g/mol. The Morgan fingerprint density at radius 3 is 1.96 bits per heavy atom. The van der Waals surface area contributed by atoms with E-state index in [0.717, 1.165) is 31.4 Å². The van der Waals surface area contributed by atoms with Gasteiger partial charge < -0.3 is 43.5 Å². The molecule has 0 radical (unpaired) electrons. The van der Waals surface area contributed by atoms with Crippen LogP contribution in [-0.4, -0.2) is 93.9 Å². The van der Waals surface area contributed by atoms with Gasteiger partial charge in [-0.25, -0.2) is 4.39 Å². The first-order valence-corrected chi connectivity index (χ1v) is 16.5. The molecule has 13 nitrogen and oxygen atoms in total. The van der Waals surface area contributed by atoms with Gasteiger partial charge in [0.15, 0.2) is 22.9 Å². The number of alkyl halides is 3. The number of rotatable bonds is 14. The molecule has 18 heteroatoms. The lowest BCUT2D eigenvalue weighted by Gasteiger charge is -2.31. The van der Waals surface area contributed by atoms with Gasteiger partial charge in [-0.15, -0.1) is 5.10 Å². The molecular formula is C37H38F5N5O8. The van der Waals surface area contributed by atoms with Gasteiger partial charge in [-0.1, -0.05) is 0 Å². The van der Waals surface area contributed by atoms with Gasteiger partial charge in [0.05, 0.1) is 72.8 Å². The molecule has 4 aromatic rings. The Labute approximate surface area is 312 Å². The van der Waals surface area contributed by atoms with Crippen molar-refractivity contribution in [3.05, 3.63) is 89.2 Å². The maximum atomic E-state index is 14.8. The molecule has 1 N–H and O–H groups in total. The molecule has 3 aromatic carbocycles. The summed E-state index contributed by atoms with van der Waals surface area (Å²) in [7, 11) is 7.78. The van der Waals surface area contributed by atoms with Crippen molar-refractivity contribution in [2.75, 3.05) is 59.4 Å². The molecule has 0 aliphatic carbocycles. The number of nitrogens with zero attached hydrogens (tertiary/aromatic N) is 4. The van der Waals surface area contributed by atoms with Crippen molar-refractivity contribution in [3.8, 4) is 28.7 Å². The number of aromatic nitrogens is 2. The summed E-state index contributed by atoms with van der Waals surface area (Å²) >= 11 is 0. The highest BCUT2D eigenvalue weighted by Gasteiger charge is 2.63. The van der Waals surface area contributed by atoms with Crippen molar-refractivity contribution in [2.24, 2.45) is 0 Å². The van der Waals surface area contributed by atoms with Crippen molar-refractivity contribution < 1.29 is 60.0 Å². The number of hydrogen-bond donors (Lipinski definition) is 1. The summed E-state index contributed by atoms with van der Waals surface area (Å²) in [5, 5.41) is 10.4. The van der Waals surface area contributed by atoms with Crippen LogP contribution in [0, 0.1) is 11.6 Å². The number of ether oxygens (including phenoxy) is 6. The highest BCUT2D eigenvalue weighted by molar-refractivity contribution is 5.99. The molecule has 2 heterocycles. The maximum absolute atomic E-state index is 14.8. The van der Waals surface area contributed by atoms with Crippen LogP contribution in [0.4, 0.5) is 33.3 Å². The predicted molar refractivity (Wildman–Crippen MR) is 188 cm³/mol. The van der Waals surface area contributed by atoms with Crippen LogP contribution in [0.1, 0.15) is 28.0 Å². The van der Waals surface area contributed by atoms with Crippen LogP contribution >= 0.6 is 0 Å². The molecule has 0 bridgehead atoms. The van der Waals surface area contributed by atoms with Crippen molar-refractivity contribution in [1.82, 2.24) is 15.1 Å². The Bertz CT molecular complexity index is 1980. The molecule has 1 aliphatic heterocycles. The zero-order valence-corrected chi connectivity index (χ0v) is 30.6. The van der Waals surface area contributed by atoms with Crippen LogP contribution < -0.4 is 33.9 Å². The lowest BCUT2D eigenvalue weighted by atomic mass is 9.99. The monoisotopic (exact) mass is 775 g/mol. The van der Waals surface area contributed by atoms with Crippen molar-refractivity contribution in [3.63, 3.8) is 0 Å². The second-order valence-electron chi connectivity index (χ2n) is 12.3. The highest BCUT2D eigenvalue weighted by Crippen LogP contribution is 2.47. The molecule has 55 heavy (non-hydrogen) atoms. The second-order valence-corrected chi connectivity index (χ2v) is 12.3. The Morgan fingerprint density at radius 1 is 0.855 bits per heavy atom. The zero-order chi connectivity index (χ0) is 40.1. The van der Waals surface area contributed by atoms with Gasteiger partial charge in [-0.3, -0.25) is 9.59 Å². The summed E-state index contributed by atoms with van der Waals surface area (Å²) in [6.07, 6.45) is -4.80. The highest BCUT2D eigenvalue weighted by atomic mass is 19.4. The van der Waals surface area contributed by atoms with E-state index in [-0.39, 0.29) is 30.2 Å². The number of carbonyl (C=O) groups excluding carboxylic acids is 2. The van der Waals surface area contributed by atoms with Crippen LogP contribution in [0.5, 0.6) is 28.7 Å². The van der Waals surface area contributed by atoms with Crippen LogP contribution in [-0.2, 0) is 22.6 Å². The Balaban J connectivity index is 1.49. The number of carbonyl (C=O) groups is 2. The first-order chi connectivity index (χ1) is 26.2. The largest absolute Gasteiger partial charge is 0.497 e. The number of benzene rings is 3. The molecule has 2 amide bonds. The van der Waals surface area contributed by atoms with Crippen LogP contribution in [0.3, 0.4) is 0 Å². The van der Waals surface area contributed by atoms with Crippen molar-refractivity contribution in [2.45, 2.75) is 37.3 Å². The van der Waals surface area contributed by atoms with Gasteiger partial charge in [0, 0.05) is 36.8 Å². The second kappa shape index (κ2) is 16.6. The van der Waals surface area contributed by atoms with Gasteiger partial charge in [-0.2, -0.15) is 22.7 Å². The van der Waals surface area contributed by atoms with E-state index >= 15 is 0 Å². The normalized spacial score (nSPS) is 16.7. The summed E-state index contributed by atoms with van der Waals surface area (Å²) in [4.78, 5) is 30.4. The smallest absolute Gasteiger partial charge is 0.419 e. The molecule has 1 aromatic heterocycles. The van der Waals surface area contributed by atoms with E-state index in [0.29, 0.717) is 40.2 Å². The average Bonchev–Trinajstić information content (AvgIpc) is 3.60. The SMILES string of the molecule is COc1ccc(CN(Cc2ccc(OC)cc2OC)C(=O)c2cc(NC(=O)[C@@H]3C[C@](OC)(C(F)(F)F)CN3c3ccc(F)c(F)c3OC)cnn2)c(OC)c1. The third-order valence-corrected chi connectivity index (χ3v) is 9.22. The lowest BCUT2D eigenvalue weighted by Crippen LogP contribution is -2.49. The molecule has 1 fully saturated rings. The number of hydrogen-bond acceptors (Lipinski definition) is 11. The molecule has 1 aliphatic rings. The lowest BCUT2D eigenvalue weighted by molar-refractivity contribution is -0.261. The van der Waals surface area contributed by atoms with E-state index < -0.39 is 60.0 Å². The summed E-state index contributed by atoms with van der Waals surface area (Å²) in [6, 6.07) is 11.4. The molecule has 2 atom stereocenters. The fourth-order valence-corrected chi connectivity index (χ4v) is 6.27. The number of methoxy groups -OCH3 is 6. The topological polar surface area (TPSA) is 134 Å². The predicted octanol–water partition coefficient (Wildman–Crippen LogP) is 5.81. The molecule has 1 saturated heterocycles. The minimum absolute atomic E-state index is 0.0108. The summed E-state index contributed by atoms with van der Waals surface area (Å²) in [5.74, 6) is -3.21. The standard InChI is InChI=1S/C37H38F5N5O8/c1-50-24-9-7-21(30(14-24)52-3)18-46(19-22-8-10-25(51-2)15-31(22)53-4)35(49)27-13-23(17-43-45-27)44-34(48)29-16-36(55-6,37(40,41)42)20-47(29)28-12-11-26(38)32(39)33(28)54-5/h7-15,17,29H,16,18-20H2,1-6H3,(H,44,45,48)/t29-,36+/m0/s1. The Morgan fingerprint density at radius 2 is 1.45 bits per heavy atom. The van der Waals surface area contributed by atoms with E-state index in [2.05, 4.69) is 15.5 Å². The number of nitrogens with one attached hydrogen (secondary N) is 1. The molecule has 0 saturated carbocycles. The minimum atomic E-state index is -4.97. The Hall–Kier alpha value is -5.91. The van der Waals surface area contributed by atoms with E-state index in [1.54, 1.807) is 36.4 Å². The molecule has 5 rings (SSSR count). The van der Waals surface area contributed by atoms with Gasteiger partial charge in [-0.05, 0) is 42.5 Å². The Kier molecular flexibility index (Phi) is 12.2. The average molecular weight is 776 g/mol. The van der Waals surface area contributed by atoms with E-state index in [4.69, 9.17) is 28.4 Å². The third kappa shape index (κ3) is 8.28. The molecule has 294 valence electrons. The van der Waals surface area contributed by atoms with E-state index in [1.165, 1.54) is 39.4 Å². The first kappa shape index (κ1) is 40.3. The fourth-order valence-electron chi connectivity index (χ4n) is 6.27. The maximum Gasteiger partial charge on any atom is 0.419 e. The van der Waals surface area contributed by atoms with E-state index in [9.17, 15) is 31.5 Å². The zero-order valence-electron chi connectivity index (χ0n) is 30.6. The van der Waals surface area contributed by atoms with Gasteiger partial charge in [0.1, 0.15) is 29.0 Å². The van der Waals surface area contributed by atoms with Gasteiger partial charge in [0.25, 0.3) is 5.91 Å². The van der Waals surface area contributed by atoms with Crippen molar-refractivity contribution >= 4 is 23.2 Å². The van der Waals surface area contributed by atoms with Crippen LogP contribution in [0.25, 0.3) is 0 Å². The minimum Gasteiger partial charge on any atom is -0.497 e. The summed E-state index contributed by atoms with van der Waals surface area (Å²) in [5.41, 5.74) is -2.31. The molecule has 0 spiro atoms. The number of halogens is 5. The van der Waals surface area contributed by atoms with E-state index in [1.807, 2.05) is 0 Å². The first-order valence-electron chi connectivity index (χ1n) is 16.5. The molecule has 0 unspecified atom stereocenters. The summed E-state index contributed by atoms with van der Waals surface area (Å²) < 4.78 is 104. The fraction of sp³-hybridized carbons (Fsp3) is 0.351. The van der Waals surface area contributed by atoms with Gasteiger partial charge >= 0.3 is 6.18 Å². The number of amides is 2. The van der Waals surface area contributed by atoms with Crippen molar-refractivity contribution in [1.29, 1.82) is 0 Å².